The fraction of sp³-hybridized carbons (Fsp3) is 0.368. The second-order valence-corrected chi connectivity index (χ2v) is 5.97. The van der Waals surface area contributed by atoms with E-state index in [-0.39, 0.29) is 17.7 Å². The van der Waals surface area contributed by atoms with E-state index in [1.54, 1.807) is 6.92 Å². The van der Waals surface area contributed by atoms with Crippen LogP contribution in [-0.4, -0.2) is 16.7 Å². The summed E-state index contributed by atoms with van der Waals surface area (Å²) < 4.78 is 0. The molecule has 0 bridgehead atoms. The van der Waals surface area contributed by atoms with Crippen molar-refractivity contribution in [3.8, 4) is 0 Å². The second kappa shape index (κ2) is 6.82. The van der Waals surface area contributed by atoms with Crippen LogP contribution in [0.4, 0.5) is 0 Å². The highest BCUT2D eigenvalue weighted by atomic mass is 16.2. The number of nitrogens with one attached hydrogen (secondary N) is 2. The molecule has 2 N–H and O–H groups in total. The van der Waals surface area contributed by atoms with Crippen molar-refractivity contribution in [2.45, 2.75) is 47.1 Å². The molecular formula is C19H24N2O2. The molecule has 4 heteroatoms. The van der Waals surface area contributed by atoms with Crippen LogP contribution in [0.5, 0.6) is 0 Å². The Labute approximate surface area is 137 Å². The number of carbonyl (C=O) groups excluding carboxylic acids is 2. The standard InChI is InChI=1S/C19H24N2O2/c1-6-15-7-9-16(10-8-15)12(3)21-19(23)18-11(2)17(14(5)22)13(4)20-18/h7-10,12,20H,6H2,1-5H3,(H,21,23). The van der Waals surface area contributed by atoms with Crippen molar-refractivity contribution in [1.82, 2.24) is 10.3 Å². The Kier molecular flexibility index (Phi) is 5.04. The van der Waals surface area contributed by atoms with E-state index in [0.717, 1.165) is 17.7 Å². The molecule has 0 aliphatic rings. The molecule has 1 aromatic carbocycles. The minimum atomic E-state index is -0.190. The van der Waals surface area contributed by atoms with E-state index in [1.807, 2.05) is 26.0 Å². The van der Waals surface area contributed by atoms with Gasteiger partial charge in [-0.25, -0.2) is 0 Å². The molecule has 0 aliphatic carbocycles. The Hall–Kier alpha value is -2.36. The Balaban J connectivity index is 2.18. The molecule has 2 aromatic rings. The minimum Gasteiger partial charge on any atom is -0.354 e. The second-order valence-electron chi connectivity index (χ2n) is 5.97. The lowest BCUT2D eigenvalue weighted by atomic mass is 10.0. The van der Waals surface area contributed by atoms with Crippen LogP contribution in [0.25, 0.3) is 0 Å². The summed E-state index contributed by atoms with van der Waals surface area (Å²) in [5.74, 6) is -0.219. The molecule has 0 aliphatic heterocycles. The molecular weight excluding hydrogens is 288 g/mol. The van der Waals surface area contributed by atoms with Crippen LogP contribution in [-0.2, 0) is 6.42 Å². The zero-order chi connectivity index (χ0) is 17.1. The van der Waals surface area contributed by atoms with Crippen LogP contribution >= 0.6 is 0 Å². The van der Waals surface area contributed by atoms with Crippen molar-refractivity contribution in [1.29, 1.82) is 0 Å². The number of rotatable bonds is 5. The highest BCUT2D eigenvalue weighted by molar-refractivity contribution is 6.02. The normalized spacial score (nSPS) is 12.0. The number of aromatic nitrogens is 1. The average molecular weight is 312 g/mol. The average Bonchev–Trinajstić information content (AvgIpc) is 2.82. The van der Waals surface area contributed by atoms with E-state index < -0.39 is 0 Å². The maximum atomic E-state index is 12.5. The smallest absolute Gasteiger partial charge is 0.268 e. The van der Waals surface area contributed by atoms with Crippen molar-refractivity contribution in [3.63, 3.8) is 0 Å². The first-order valence-electron chi connectivity index (χ1n) is 7.94. The van der Waals surface area contributed by atoms with Crippen LogP contribution < -0.4 is 5.32 Å². The van der Waals surface area contributed by atoms with Gasteiger partial charge in [-0.2, -0.15) is 0 Å². The summed E-state index contributed by atoms with van der Waals surface area (Å²) in [7, 11) is 0. The lowest BCUT2D eigenvalue weighted by molar-refractivity contribution is 0.0934. The third-order valence-electron chi connectivity index (χ3n) is 4.25. The number of hydrogen-bond acceptors (Lipinski definition) is 2. The molecule has 1 aromatic heterocycles. The third-order valence-corrected chi connectivity index (χ3v) is 4.25. The van der Waals surface area contributed by atoms with Gasteiger partial charge in [0.15, 0.2) is 5.78 Å². The zero-order valence-corrected chi connectivity index (χ0v) is 14.4. The Morgan fingerprint density at radius 3 is 2.26 bits per heavy atom. The summed E-state index contributed by atoms with van der Waals surface area (Å²) in [5.41, 5.74) is 4.85. The number of ketones is 1. The Morgan fingerprint density at radius 1 is 1.17 bits per heavy atom. The van der Waals surface area contributed by atoms with Crippen molar-refractivity contribution in [2.75, 3.05) is 0 Å². The third kappa shape index (κ3) is 3.52. The molecule has 0 fully saturated rings. The fourth-order valence-electron chi connectivity index (χ4n) is 2.90. The summed E-state index contributed by atoms with van der Waals surface area (Å²) in [5, 5.41) is 2.99. The molecule has 2 rings (SSSR count). The quantitative estimate of drug-likeness (QED) is 0.823. The summed E-state index contributed by atoms with van der Waals surface area (Å²) in [6, 6.07) is 8.14. The van der Waals surface area contributed by atoms with Crippen LogP contribution in [0.1, 0.15) is 70.0 Å². The van der Waals surface area contributed by atoms with Gasteiger partial charge in [-0.1, -0.05) is 31.2 Å². The van der Waals surface area contributed by atoms with Crippen molar-refractivity contribution in [3.05, 3.63) is 57.9 Å². The maximum Gasteiger partial charge on any atom is 0.268 e. The number of Topliss-reactive ketones (excluding diaryl/α,β-unsaturated/α-hetero) is 1. The monoisotopic (exact) mass is 312 g/mol. The van der Waals surface area contributed by atoms with E-state index in [2.05, 4.69) is 29.4 Å². The summed E-state index contributed by atoms with van der Waals surface area (Å²) in [6.07, 6.45) is 0.996. The molecule has 0 spiro atoms. The molecule has 0 saturated carbocycles. The topological polar surface area (TPSA) is 62.0 Å². The van der Waals surface area contributed by atoms with Gasteiger partial charge in [-0.3, -0.25) is 9.59 Å². The van der Waals surface area contributed by atoms with Crippen molar-refractivity contribution >= 4 is 11.7 Å². The Morgan fingerprint density at radius 2 is 1.78 bits per heavy atom. The number of carbonyl (C=O) groups is 2. The summed E-state index contributed by atoms with van der Waals surface area (Å²) >= 11 is 0. The van der Waals surface area contributed by atoms with Crippen LogP contribution in [0.3, 0.4) is 0 Å². The molecule has 122 valence electrons. The highest BCUT2D eigenvalue weighted by Gasteiger charge is 2.21. The van der Waals surface area contributed by atoms with Gasteiger partial charge in [0.1, 0.15) is 5.69 Å². The number of aromatic amines is 1. The van der Waals surface area contributed by atoms with Gasteiger partial charge >= 0.3 is 0 Å². The molecule has 4 nitrogen and oxygen atoms in total. The van der Waals surface area contributed by atoms with Crippen LogP contribution in [0.2, 0.25) is 0 Å². The number of H-pyrrole nitrogens is 1. The van der Waals surface area contributed by atoms with Gasteiger partial charge in [-0.05, 0) is 50.8 Å². The van der Waals surface area contributed by atoms with Gasteiger partial charge in [-0.15, -0.1) is 0 Å². The predicted molar refractivity (Wildman–Crippen MR) is 92.0 cm³/mol. The summed E-state index contributed by atoms with van der Waals surface area (Å²) in [4.78, 5) is 27.2. The first-order valence-corrected chi connectivity index (χ1v) is 7.94. The van der Waals surface area contributed by atoms with Gasteiger partial charge < -0.3 is 10.3 Å². The zero-order valence-electron chi connectivity index (χ0n) is 14.4. The SMILES string of the molecule is CCc1ccc(C(C)NC(=O)c2[nH]c(C)c(C(C)=O)c2C)cc1. The van der Waals surface area contributed by atoms with Crippen LogP contribution in [0.15, 0.2) is 24.3 Å². The molecule has 1 heterocycles. The van der Waals surface area contributed by atoms with Crippen molar-refractivity contribution < 1.29 is 9.59 Å². The lowest BCUT2D eigenvalue weighted by Gasteiger charge is -2.14. The lowest BCUT2D eigenvalue weighted by Crippen LogP contribution is -2.27. The minimum absolute atomic E-state index is 0.0292. The molecule has 0 radical (unpaired) electrons. The van der Waals surface area contributed by atoms with E-state index in [9.17, 15) is 9.59 Å². The molecule has 1 atom stereocenters. The van der Waals surface area contributed by atoms with Gasteiger partial charge in [0.05, 0.1) is 6.04 Å². The van der Waals surface area contributed by atoms with E-state index in [1.165, 1.54) is 12.5 Å². The predicted octanol–water partition coefficient (Wildman–Crippen LogP) is 3.89. The molecule has 23 heavy (non-hydrogen) atoms. The Bertz CT molecular complexity index is 727. The largest absolute Gasteiger partial charge is 0.354 e. The number of benzene rings is 1. The van der Waals surface area contributed by atoms with Gasteiger partial charge in [0, 0.05) is 11.3 Å². The molecule has 1 unspecified atom stereocenters. The number of aryl methyl sites for hydroxylation is 2. The van der Waals surface area contributed by atoms with Crippen molar-refractivity contribution in [2.24, 2.45) is 0 Å². The van der Waals surface area contributed by atoms with E-state index in [4.69, 9.17) is 0 Å². The molecule has 1 amide bonds. The number of amides is 1. The maximum absolute atomic E-state index is 12.5. The van der Waals surface area contributed by atoms with Gasteiger partial charge in [0.25, 0.3) is 5.91 Å². The first-order chi connectivity index (χ1) is 10.8. The summed E-state index contributed by atoms with van der Waals surface area (Å²) in [6.45, 7) is 9.20. The molecule has 0 saturated heterocycles. The number of hydrogen-bond donors (Lipinski definition) is 2. The van der Waals surface area contributed by atoms with E-state index in [0.29, 0.717) is 16.8 Å². The fourth-order valence-corrected chi connectivity index (χ4v) is 2.90. The highest BCUT2D eigenvalue weighted by Crippen LogP contribution is 2.20. The van der Waals surface area contributed by atoms with Crippen LogP contribution in [0, 0.1) is 13.8 Å². The first kappa shape index (κ1) is 17.0. The van der Waals surface area contributed by atoms with E-state index >= 15 is 0 Å². The van der Waals surface area contributed by atoms with Gasteiger partial charge in [0.2, 0.25) is 0 Å².